The Hall–Kier alpha value is -2.19. The van der Waals surface area contributed by atoms with Gasteiger partial charge in [0.05, 0.1) is 5.52 Å². The van der Waals surface area contributed by atoms with Gasteiger partial charge < -0.3 is 10.2 Å². The van der Waals surface area contributed by atoms with Crippen LogP contribution in [0.25, 0.3) is 10.2 Å². The zero-order chi connectivity index (χ0) is 19.2. The highest BCUT2D eigenvalue weighted by Crippen LogP contribution is 2.19. The lowest BCUT2D eigenvalue weighted by Gasteiger charge is -2.23. The summed E-state index contributed by atoms with van der Waals surface area (Å²) >= 11 is 3.09. The van der Waals surface area contributed by atoms with Crippen LogP contribution in [-0.4, -0.2) is 35.1 Å². The molecular formula is C19H24N4O2S2. The summed E-state index contributed by atoms with van der Waals surface area (Å²) in [4.78, 5) is 33.1. The van der Waals surface area contributed by atoms with Crippen molar-refractivity contribution in [2.24, 2.45) is 0 Å². The molecule has 0 bridgehead atoms. The summed E-state index contributed by atoms with van der Waals surface area (Å²) in [7, 11) is 0. The second-order valence-corrected chi connectivity index (χ2v) is 8.05. The highest BCUT2D eigenvalue weighted by molar-refractivity contribution is 7.17. The molecule has 0 spiro atoms. The fourth-order valence-electron chi connectivity index (χ4n) is 2.96. The number of nitrogens with zero attached hydrogens (tertiary/aromatic N) is 3. The number of aromatic nitrogens is 2. The van der Waals surface area contributed by atoms with E-state index in [2.05, 4.69) is 16.4 Å². The quantitative estimate of drug-likeness (QED) is 0.595. The smallest absolute Gasteiger partial charge is 0.272 e. The minimum Gasteiger partial charge on any atom is -0.356 e. The van der Waals surface area contributed by atoms with Crippen molar-refractivity contribution in [2.75, 3.05) is 24.5 Å². The molecule has 0 aliphatic carbocycles. The van der Waals surface area contributed by atoms with Crippen LogP contribution in [0, 0.1) is 0 Å². The Kier molecular flexibility index (Phi) is 6.63. The number of nitrogens with one attached hydrogen (secondary N) is 1. The van der Waals surface area contributed by atoms with E-state index in [4.69, 9.17) is 0 Å². The first kappa shape index (κ1) is 19.6. The summed E-state index contributed by atoms with van der Waals surface area (Å²) in [5.74, 6) is 0.595. The molecule has 3 rings (SSSR count). The Balaban J connectivity index is 1.71. The van der Waals surface area contributed by atoms with E-state index >= 15 is 0 Å². The van der Waals surface area contributed by atoms with Crippen molar-refractivity contribution < 1.29 is 4.79 Å². The summed E-state index contributed by atoms with van der Waals surface area (Å²) in [5, 5.41) is 6.86. The van der Waals surface area contributed by atoms with Gasteiger partial charge >= 0.3 is 0 Å². The van der Waals surface area contributed by atoms with Gasteiger partial charge in [-0.25, -0.2) is 4.98 Å². The molecule has 0 aliphatic heterocycles. The van der Waals surface area contributed by atoms with Gasteiger partial charge in [-0.3, -0.25) is 14.2 Å². The number of carbonyl (C=O) groups excluding carboxylic acids is 1. The van der Waals surface area contributed by atoms with Crippen LogP contribution in [0.3, 0.4) is 0 Å². The van der Waals surface area contributed by atoms with Crippen molar-refractivity contribution in [1.82, 2.24) is 14.9 Å². The van der Waals surface area contributed by atoms with E-state index in [1.807, 2.05) is 41.6 Å². The summed E-state index contributed by atoms with van der Waals surface area (Å²) in [6, 6.07) is 5.95. The van der Waals surface area contributed by atoms with Gasteiger partial charge in [-0.2, -0.15) is 0 Å². The monoisotopic (exact) mass is 404 g/mol. The molecule has 0 radical (unpaired) electrons. The van der Waals surface area contributed by atoms with Gasteiger partial charge in [0, 0.05) is 37.5 Å². The molecule has 0 aliphatic rings. The van der Waals surface area contributed by atoms with Crippen LogP contribution in [0.1, 0.15) is 25.1 Å². The van der Waals surface area contributed by atoms with Crippen molar-refractivity contribution in [3.63, 3.8) is 0 Å². The number of rotatable bonds is 9. The average molecular weight is 405 g/mol. The van der Waals surface area contributed by atoms with Crippen LogP contribution in [0.2, 0.25) is 0 Å². The number of fused-ring (bicyclic) bond motifs is 1. The maximum atomic E-state index is 12.9. The van der Waals surface area contributed by atoms with E-state index in [1.165, 1.54) is 16.2 Å². The lowest BCUT2D eigenvalue weighted by molar-refractivity contribution is -0.121. The molecule has 0 fully saturated rings. The molecule has 3 aromatic rings. The van der Waals surface area contributed by atoms with Gasteiger partial charge in [0.25, 0.3) is 5.56 Å². The van der Waals surface area contributed by atoms with Crippen molar-refractivity contribution in [3.8, 4) is 0 Å². The van der Waals surface area contributed by atoms with Crippen LogP contribution >= 0.6 is 22.7 Å². The van der Waals surface area contributed by atoms with E-state index in [-0.39, 0.29) is 17.9 Å². The molecule has 3 heterocycles. The fraction of sp³-hybridized carbons (Fsp3) is 0.421. The second-order valence-electron chi connectivity index (χ2n) is 6.11. The van der Waals surface area contributed by atoms with Crippen LogP contribution in [0.5, 0.6) is 0 Å². The van der Waals surface area contributed by atoms with Crippen molar-refractivity contribution in [3.05, 3.63) is 44.2 Å². The van der Waals surface area contributed by atoms with Crippen molar-refractivity contribution in [2.45, 2.75) is 33.2 Å². The lowest BCUT2D eigenvalue weighted by atomic mass is 10.3. The largest absolute Gasteiger partial charge is 0.356 e. The van der Waals surface area contributed by atoms with E-state index < -0.39 is 0 Å². The Bertz CT molecular complexity index is 942. The number of thiophene rings is 2. The van der Waals surface area contributed by atoms with Gasteiger partial charge in [0.2, 0.25) is 11.9 Å². The first-order valence-electron chi connectivity index (χ1n) is 9.16. The molecule has 3 aromatic heterocycles. The van der Waals surface area contributed by atoms with E-state index in [0.29, 0.717) is 23.7 Å². The third kappa shape index (κ3) is 4.56. The number of anilines is 1. The van der Waals surface area contributed by atoms with E-state index in [0.717, 1.165) is 25.0 Å². The topological polar surface area (TPSA) is 67.2 Å². The average Bonchev–Trinajstić information content (AvgIpc) is 3.34. The SMILES string of the molecule is CCN(CC)c1nc2ccsc2c(=O)n1CCC(=O)NCCc1cccs1. The molecule has 1 N–H and O–H groups in total. The van der Waals surface area contributed by atoms with Crippen LogP contribution in [-0.2, 0) is 17.8 Å². The van der Waals surface area contributed by atoms with Crippen LogP contribution in [0.4, 0.5) is 5.95 Å². The molecule has 0 aromatic carbocycles. The molecule has 0 saturated carbocycles. The maximum Gasteiger partial charge on any atom is 0.272 e. The fourth-order valence-corrected chi connectivity index (χ4v) is 4.45. The van der Waals surface area contributed by atoms with E-state index in [1.54, 1.807) is 15.9 Å². The molecule has 144 valence electrons. The Morgan fingerprint density at radius 2 is 2.04 bits per heavy atom. The third-order valence-electron chi connectivity index (χ3n) is 4.43. The molecule has 8 heteroatoms. The normalized spacial score (nSPS) is 11.0. The zero-order valence-electron chi connectivity index (χ0n) is 15.6. The van der Waals surface area contributed by atoms with Gasteiger partial charge in [-0.15, -0.1) is 22.7 Å². The first-order chi connectivity index (χ1) is 13.1. The van der Waals surface area contributed by atoms with Gasteiger partial charge in [0.1, 0.15) is 4.70 Å². The van der Waals surface area contributed by atoms with Gasteiger partial charge in [-0.1, -0.05) is 6.07 Å². The standard InChI is InChI=1S/C19H24N4O2S2/c1-3-22(4-2)19-21-15-9-13-27-17(15)18(25)23(19)11-8-16(24)20-10-7-14-6-5-12-26-14/h5-6,9,12-13H,3-4,7-8,10-11H2,1-2H3,(H,20,24). The third-order valence-corrected chi connectivity index (χ3v) is 6.26. The van der Waals surface area contributed by atoms with Gasteiger partial charge in [-0.05, 0) is 43.2 Å². The molecule has 0 saturated heterocycles. The lowest BCUT2D eigenvalue weighted by Crippen LogP contribution is -2.34. The highest BCUT2D eigenvalue weighted by Gasteiger charge is 2.16. The van der Waals surface area contributed by atoms with Crippen LogP contribution in [0.15, 0.2) is 33.8 Å². The second kappa shape index (κ2) is 9.14. The minimum absolute atomic E-state index is 0.0461. The number of hydrogen-bond acceptors (Lipinski definition) is 6. The van der Waals surface area contributed by atoms with Gasteiger partial charge in [0.15, 0.2) is 0 Å². The number of carbonyl (C=O) groups is 1. The summed E-state index contributed by atoms with van der Waals surface area (Å²) in [5.41, 5.74) is 0.659. The summed E-state index contributed by atoms with van der Waals surface area (Å²) in [6.07, 6.45) is 1.09. The van der Waals surface area contributed by atoms with E-state index in [9.17, 15) is 9.59 Å². The predicted octanol–water partition coefficient (Wildman–Crippen LogP) is 3.11. The highest BCUT2D eigenvalue weighted by atomic mass is 32.1. The molecule has 1 amide bonds. The maximum absolute atomic E-state index is 12.9. The summed E-state index contributed by atoms with van der Waals surface area (Å²) < 4.78 is 2.29. The number of hydrogen-bond donors (Lipinski definition) is 1. The molecular weight excluding hydrogens is 380 g/mol. The predicted molar refractivity (Wildman–Crippen MR) is 113 cm³/mol. The van der Waals surface area contributed by atoms with Crippen molar-refractivity contribution >= 4 is 44.7 Å². The van der Waals surface area contributed by atoms with Crippen LogP contribution < -0.4 is 15.8 Å². The molecule has 0 unspecified atom stereocenters. The minimum atomic E-state index is -0.0664. The Morgan fingerprint density at radius 1 is 1.22 bits per heavy atom. The Morgan fingerprint density at radius 3 is 2.74 bits per heavy atom. The number of amides is 1. The zero-order valence-corrected chi connectivity index (χ0v) is 17.2. The molecule has 0 atom stereocenters. The Labute approximate surface area is 166 Å². The first-order valence-corrected chi connectivity index (χ1v) is 10.9. The molecule has 27 heavy (non-hydrogen) atoms. The van der Waals surface area contributed by atoms with Crippen molar-refractivity contribution in [1.29, 1.82) is 0 Å². The summed E-state index contributed by atoms with van der Waals surface area (Å²) in [6.45, 7) is 6.52. The molecule has 6 nitrogen and oxygen atoms in total.